The Bertz CT molecular complexity index is 220. The first-order chi connectivity index (χ1) is 6.95. The van der Waals surface area contributed by atoms with E-state index >= 15 is 0 Å². The molecule has 0 aromatic carbocycles. The van der Waals surface area contributed by atoms with E-state index in [1.165, 1.54) is 0 Å². The molecule has 1 fully saturated rings. The van der Waals surface area contributed by atoms with Gasteiger partial charge in [0.2, 0.25) is 5.91 Å². The summed E-state index contributed by atoms with van der Waals surface area (Å²) in [6, 6.07) is 0. The number of nitrogens with one attached hydrogen (secondary N) is 1. The van der Waals surface area contributed by atoms with E-state index in [9.17, 15) is 4.79 Å². The van der Waals surface area contributed by atoms with Crippen molar-refractivity contribution in [2.45, 2.75) is 33.6 Å². The van der Waals surface area contributed by atoms with Gasteiger partial charge in [-0.1, -0.05) is 20.8 Å². The Balaban J connectivity index is 2.39. The summed E-state index contributed by atoms with van der Waals surface area (Å²) in [6.07, 6.45) is 1.79. The number of hydrogen-bond acceptors (Lipinski definition) is 2. The lowest BCUT2D eigenvalue weighted by atomic mass is 9.80. The number of carbonyl (C=O) groups excluding carboxylic acids is 1. The molecule has 0 bridgehead atoms. The lowest BCUT2D eigenvalue weighted by Gasteiger charge is -2.27. The van der Waals surface area contributed by atoms with Gasteiger partial charge in [-0.25, -0.2) is 0 Å². The van der Waals surface area contributed by atoms with E-state index in [4.69, 9.17) is 0 Å². The van der Waals surface area contributed by atoms with Crippen molar-refractivity contribution in [3.8, 4) is 0 Å². The van der Waals surface area contributed by atoms with Crippen LogP contribution in [-0.2, 0) is 4.79 Å². The normalized spacial score (nSPS) is 22.1. The Morgan fingerprint density at radius 1 is 1.47 bits per heavy atom. The standard InChI is InChI=1S/C12H24N2O/c1-12(2,3)10-6-8-14(9-10)11(15)5-7-13-4/h10,13H,5-9H2,1-4H3. The van der Waals surface area contributed by atoms with Gasteiger partial charge in [0.1, 0.15) is 0 Å². The third kappa shape index (κ3) is 3.49. The highest BCUT2D eigenvalue weighted by Gasteiger charge is 2.33. The Hall–Kier alpha value is -0.570. The second-order valence-corrected chi connectivity index (χ2v) is 5.54. The van der Waals surface area contributed by atoms with Crippen molar-refractivity contribution in [2.75, 3.05) is 26.7 Å². The summed E-state index contributed by atoms with van der Waals surface area (Å²) in [4.78, 5) is 13.8. The quantitative estimate of drug-likeness (QED) is 0.768. The van der Waals surface area contributed by atoms with Gasteiger partial charge in [-0.2, -0.15) is 0 Å². The summed E-state index contributed by atoms with van der Waals surface area (Å²) in [5.74, 6) is 0.965. The van der Waals surface area contributed by atoms with Crippen molar-refractivity contribution in [3.63, 3.8) is 0 Å². The molecule has 1 aliphatic rings. The maximum absolute atomic E-state index is 11.8. The Morgan fingerprint density at radius 2 is 2.13 bits per heavy atom. The average Bonchev–Trinajstić information content (AvgIpc) is 2.62. The summed E-state index contributed by atoms with van der Waals surface area (Å²) in [5, 5.41) is 3.02. The number of carbonyl (C=O) groups is 1. The second kappa shape index (κ2) is 4.97. The third-order valence-corrected chi connectivity index (χ3v) is 3.35. The van der Waals surface area contributed by atoms with E-state index in [0.29, 0.717) is 23.7 Å². The van der Waals surface area contributed by atoms with Crippen LogP contribution in [0.3, 0.4) is 0 Å². The predicted octanol–water partition coefficient (Wildman–Crippen LogP) is 1.49. The number of amides is 1. The lowest BCUT2D eigenvalue weighted by molar-refractivity contribution is -0.130. The largest absolute Gasteiger partial charge is 0.342 e. The number of nitrogens with zero attached hydrogens (tertiary/aromatic N) is 1. The van der Waals surface area contributed by atoms with Gasteiger partial charge in [-0.3, -0.25) is 4.79 Å². The molecule has 0 radical (unpaired) electrons. The Labute approximate surface area is 93.2 Å². The van der Waals surface area contributed by atoms with Crippen LogP contribution < -0.4 is 5.32 Å². The highest BCUT2D eigenvalue weighted by molar-refractivity contribution is 5.76. The van der Waals surface area contributed by atoms with E-state index < -0.39 is 0 Å². The number of likely N-dealkylation sites (tertiary alicyclic amines) is 1. The summed E-state index contributed by atoms with van der Waals surface area (Å²) < 4.78 is 0. The topological polar surface area (TPSA) is 32.3 Å². The zero-order valence-electron chi connectivity index (χ0n) is 10.5. The first-order valence-corrected chi connectivity index (χ1v) is 5.87. The molecule has 1 heterocycles. The molecule has 1 rings (SSSR count). The van der Waals surface area contributed by atoms with Gasteiger partial charge in [0.25, 0.3) is 0 Å². The minimum absolute atomic E-state index is 0.302. The zero-order chi connectivity index (χ0) is 11.5. The maximum atomic E-state index is 11.8. The third-order valence-electron chi connectivity index (χ3n) is 3.35. The van der Waals surface area contributed by atoms with Crippen molar-refractivity contribution in [1.29, 1.82) is 0 Å². The summed E-state index contributed by atoms with van der Waals surface area (Å²) in [5.41, 5.74) is 0.331. The molecule has 3 nitrogen and oxygen atoms in total. The van der Waals surface area contributed by atoms with Crippen molar-refractivity contribution in [3.05, 3.63) is 0 Å². The van der Waals surface area contributed by atoms with Crippen LogP contribution in [0.15, 0.2) is 0 Å². The van der Waals surface area contributed by atoms with Crippen molar-refractivity contribution < 1.29 is 4.79 Å². The lowest BCUT2D eigenvalue weighted by Crippen LogP contribution is -2.32. The molecule has 1 aliphatic heterocycles. The maximum Gasteiger partial charge on any atom is 0.223 e. The van der Waals surface area contributed by atoms with Gasteiger partial charge in [-0.05, 0) is 24.8 Å². The molecular formula is C12H24N2O. The Kier molecular flexibility index (Phi) is 4.14. The molecule has 1 N–H and O–H groups in total. The molecular weight excluding hydrogens is 188 g/mol. The van der Waals surface area contributed by atoms with E-state index in [-0.39, 0.29) is 0 Å². The van der Waals surface area contributed by atoms with Crippen LogP contribution in [0, 0.1) is 11.3 Å². The van der Waals surface area contributed by atoms with Gasteiger partial charge >= 0.3 is 0 Å². The first kappa shape index (κ1) is 12.5. The van der Waals surface area contributed by atoms with Crippen LogP contribution in [0.5, 0.6) is 0 Å². The van der Waals surface area contributed by atoms with Gasteiger partial charge in [-0.15, -0.1) is 0 Å². The molecule has 0 spiro atoms. The molecule has 0 saturated carbocycles. The van der Waals surface area contributed by atoms with Crippen molar-refractivity contribution >= 4 is 5.91 Å². The van der Waals surface area contributed by atoms with Crippen LogP contribution in [0.1, 0.15) is 33.6 Å². The van der Waals surface area contributed by atoms with E-state index in [1.807, 2.05) is 11.9 Å². The minimum Gasteiger partial charge on any atom is -0.342 e. The molecule has 1 unspecified atom stereocenters. The molecule has 0 aromatic rings. The SMILES string of the molecule is CNCCC(=O)N1CCC(C(C)(C)C)C1. The second-order valence-electron chi connectivity index (χ2n) is 5.54. The molecule has 88 valence electrons. The molecule has 0 aliphatic carbocycles. The minimum atomic E-state index is 0.302. The molecule has 15 heavy (non-hydrogen) atoms. The summed E-state index contributed by atoms with van der Waals surface area (Å²) >= 11 is 0. The van der Waals surface area contributed by atoms with Crippen molar-refractivity contribution in [2.24, 2.45) is 11.3 Å². The van der Waals surface area contributed by atoms with Gasteiger partial charge in [0.05, 0.1) is 0 Å². The smallest absolute Gasteiger partial charge is 0.223 e. The van der Waals surface area contributed by atoms with E-state index in [2.05, 4.69) is 26.1 Å². The van der Waals surface area contributed by atoms with Crippen LogP contribution in [0.4, 0.5) is 0 Å². The predicted molar refractivity (Wildman–Crippen MR) is 62.7 cm³/mol. The molecule has 0 aromatic heterocycles. The monoisotopic (exact) mass is 212 g/mol. The fraction of sp³-hybridized carbons (Fsp3) is 0.917. The summed E-state index contributed by atoms with van der Waals surface area (Å²) in [6.45, 7) is 9.48. The van der Waals surface area contributed by atoms with E-state index in [0.717, 1.165) is 26.1 Å². The fourth-order valence-electron chi connectivity index (χ4n) is 2.08. The molecule has 3 heteroatoms. The van der Waals surface area contributed by atoms with E-state index in [1.54, 1.807) is 0 Å². The first-order valence-electron chi connectivity index (χ1n) is 5.87. The fourth-order valence-corrected chi connectivity index (χ4v) is 2.08. The molecule has 1 amide bonds. The average molecular weight is 212 g/mol. The molecule has 1 atom stereocenters. The highest BCUT2D eigenvalue weighted by atomic mass is 16.2. The van der Waals surface area contributed by atoms with Gasteiger partial charge in [0.15, 0.2) is 0 Å². The van der Waals surface area contributed by atoms with Crippen LogP contribution in [-0.4, -0.2) is 37.5 Å². The van der Waals surface area contributed by atoms with Gasteiger partial charge < -0.3 is 10.2 Å². The number of rotatable bonds is 3. The van der Waals surface area contributed by atoms with Crippen LogP contribution in [0.25, 0.3) is 0 Å². The van der Waals surface area contributed by atoms with Crippen LogP contribution in [0.2, 0.25) is 0 Å². The van der Waals surface area contributed by atoms with Crippen LogP contribution >= 0.6 is 0 Å². The Morgan fingerprint density at radius 3 is 2.60 bits per heavy atom. The highest BCUT2D eigenvalue weighted by Crippen LogP contribution is 2.33. The molecule has 1 saturated heterocycles. The van der Waals surface area contributed by atoms with Crippen molar-refractivity contribution in [1.82, 2.24) is 10.2 Å². The zero-order valence-corrected chi connectivity index (χ0v) is 10.5. The number of hydrogen-bond donors (Lipinski definition) is 1. The summed E-state index contributed by atoms with van der Waals surface area (Å²) in [7, 11) is 1.88. The van der Waals surface area contributed by atoms with Gasteiger partial charge in [0, 0.05) is 26.1 Å².